The van der Waals surface area contributed by atoms with Crippen LogP contribution in [0.3, 0.4) is 0 Å². The van der Waals surface area contributed by atoms with E-state index in [1.807, 2.05) is 7.05 Å². The zero-order valence-corrected chi connectivity index (χ0v) is 12.8. The topological polar surface area (TPSA) is 29.1 Å². The molecule has 106 valence electrons. The molecule has 2 aliphatic rings. The van der Waals surface area contributed by atoms with Gasteiger partial charge in [-0.15, -0.1) is 0 Å². The molecule has 0 heterocycles. The first kappa shape index (κ1) is 14.5. The molecular formula is C15H29NOS. The lowest BCUT2D eigenvalue weighted by Crippen LogP contribution is -2.45. The van der Waals surface area contributed by atoms with Gasteiger partial charge in [0.05, 0.1) is 5.25 Å². The summed E-state index contributed by atoms with van der Waals surface area (Å²) in [6, 6.07) is 0.495. The molecule has 2 aliphatic carbocycles. The third-order valence-electron chi connectivity index (χ3n) is 5.06. The normalized spacial score (nSPS) is 35.8. The molecule has 2 nitrogen and oxygen atoms in total. The summed E-state index contributed by atoms with van der Waals surface area (Å²) in [5, 5.41) is 3.82. The van der Waals surface area contributed by atoms with Crippen molar-refractivity contribution in [2.45, 2.75) is 69.6 Å². The predicted molar refractivity (Wildman–Crippen MR) is 79.2 cm³/mol. The second-order valence-corrected chi connectivity index (χ2v) is 7.92. The highest BCUT2D eigenvalue weighted by molar-refractivity contribution is 7.85. The SMILES string of the molecule is CCC1CCC(NC)C(S(=O)CC2CCCC2)C1. The zero-order valence-electron chi connectivity index (χ0n) is 12.0. The van der Waals surface area contributed by atoms with Crippen LogP contribution in [-0.4, -0.2) is 28.3 Å². The van der Waals surface area contributed by atoms with E-state index in [0.29, 0.717) is 11.3 Å². The van der Waals surface area contributed by atoms with Crippen LogP contribution in [0.25, 0.3) is 0 Å². The molecule has 3 heteroatoms. The highest BCUT2D eigenvalue weighted by Gasteiger charge is 2.34. The highest BCUT2D eigenvalue weighted by atomic mass is 32.2. The van der Waals surface area contributed by atoms with E-state index in [1.165, 1.54) is 51.4 Å². The largest absolute Gasteiger partial charge is 0.316 e. The molecular weight excluding hydrogens is 242 g/mol. The van der Waals surface area contributed by atoms with Crippen molar-refractivity contribution in [2.24, 2.45) is 11.8 Å². The first-order valence-electron chi connectivity index (χ1n) is 7.79. The minimum atomic E-state index is -0.611. The van der Waals surface area contributed by atoms with Crippen LogP contribution in [0.2, 0.25) is 0 Å². The molecule has 4 atom stereocenters. The predicted octanol–water partition coefficient (Wildman–Crippen LogP) is 3.09. The number of rotatable bonds is 5. The molecule has 0 aromatic rings. The van der Waals surface area contributed by atoms with Crippen molar-refractivity contribution >= 4 is 10.8 Å². The van der Waals surface area contributed by atoms with Crippen LogP contribution in [0.4, 0.5) is 0 Å². The molecule has 2 saturated carbocycles. The molecule has 2 rings (SSSR count). The van der Waals surface area contributed by atoms with Crippen molar-refractivity contribution < 1.29 is 4.21 Å². The molecule has 0 aromatic carbocycles. The van der Waals surface area contributed by atoms with E-state index in [-0.39, 0.29) is 0 Å². The lowest BCUT2D eigenvalue weighted by Gasteiger charge is -2.35. The fourth-order valence-electron chi connectivity index (χ4n) is 3.74. The van der Waals surface area contributed by atoms with Crippen molar-refractivity contribution in [1.82, 2.24) is 5.32 Å². The van der Waals surface area contributed by atoms with Gasteiger partial charge in [-0.1, -0.05) is 26.2 Å². The molecule has 18 heavy (non-hydrogen) atoms. The highest BCUT2D eigenvalue weighted by Crippen LogP contribution is 2.32. The first-order chi connectivity index (χ1) is 8.74. The van der Waals surface area contributed by atoms with E-state index in [2.05, 4.69) is 12.2 Å². The molecule has 0 bridgehead atoms. The van der Waals surface area contributed by atoms with Gasteiger partial charge in [0, 0.05) is 22.6 Å². The molecule has 1 N–H and O–H groups in total. The summed E-state index contributed by atoms with van der Waals surface area (Å²) < 4.78 is 12.7. The summed E-state index contributed by atoms with van der Waals surface area (Å²) in [7, 11) is 1.43. The maximum absolute atomic E-state index is 12.7. The lowest BCUT2D eigenvalue weighted by atomic mass is 9.84. The minimum absolute atomic E-state index is 0.411. The van der Waals surface area contributed by atoms with Gasteiger partial charge in [-0.25, -0.2) is 0 Å². The Morgan fingerprint density at radius 2 is 1.83 bits per heavy atom. The Labute approximate surface area is 115 Å². The summed E-state index contributed by atoms with van der Waals surface area (Å²) in [5.41, 5.74) is 0. The van der Waals surface area contributed by atoms with Gasteiger partial charge in [0.25, 0.3) is 0 Å². The number of hydrogen-bond acceptors (Lipinski definition) is 2. The summed E-state index contributed by atoms with van der Waals surface area (Å²) in [4.78, 5) is 0. The molecule has 2 fully saturated rings. The van der Waals surface area contributed by atoms with E-state index in [4.69, 9.17) is 0 Å². The van der Waals surface area contributed by atoms with Gasteiger partial charge < -0.3 is 5.32 Å². The maximum Gasteiger partial charge on any atom is 0.0503 e. The Kier molecular flexibility index (Phi) is 5.68. The lowest BCUT2D eigenvalue weighted by molar-refractivity contribution is 0.300. The van der Waals surface area contributed by atoms with Crippen molar-refractivity contribution in [3.8, 4) is 0 Å². The van der Waals surface area contributed by atoms with Crippen molar-refractivity contribution in [3.05, 3.63) is 0 Å². The van der Waals surface area contributed by atoms with Gasteiger partial charge in [0.1, 0.15) is 0 Å². The zero-order chi connectivity index (χ0) is 13.0. The monoisotopic (exact) mass is 271 g/mol. The average Bonchev–Trinajstić information content (AvgIpc) is 2.90. The molecule has 0 aromatic heterocycles. The molecule has 4 unspecified atom stereocenters. The van der Waals surface area contributed by atoms with Crippen LogP contribution in [0.15, 0.2) is 0 Å². The molecule has 0 spiro atoms. The first-order valence-corrected chi connectivity index (χ1v) is 9.17. The Morgan fingerprint density at radius 3 is 2.44 bits per heavy atom. The maximum atomic E-state index is 12.7. The average molecular weight is 271 g/mol. The quantitative estimate of drug-likeness (QED) is 0.832. The standard InChI is InChI=1S/C15H29NOS/c1-3-12-8-9-14(16-2)15(10-12)18(17)11-13-6-4-5-7-13/h12-16H,3-11H2,1-2H3. The van der Waals surface area contributed by atoms with Gasteiger partial charge in [0.2, 0.25) is 0 Å². The summed E-state index contributed by atoms with van der Waals surface area (Å²) in [5.74, 6) is 2.54. The summed E-state index contributed by atoms with van der Waals surface area (Å²) in [6.07, 6.45) is 10.3. The smallest absolute Gasteiger partial charge is 0.0503 e. The molecule has 0 radical (unpaired) electrons. The third kappa shape index (κ3) is 3.57. The van der Waals surface area contributed by atoms with Crippen LogP contribution in [-0.2, 0) is 10.8 Å². The Hall–Kier alpha value is 0.110. The van der Waals surface area contributed by atoms with E-state index in [0.717, 1.165) is 17.6 Å². The van der Waals surface area contributed by atoms with Crippen LogP contribution < -0.4 is 5.32 Å². The van der Waals surface area contributed by atoms with Crippen LogP contribution >= 0.6 is 0 Å². The van der Waals surface area contributed by atoms with E-state index < -0.39 is 10.8 Å². The van der Waals surface area contributed by atoms with Gasteiger partial charge >= 0.3 is 0 Å². The van der Waals surface area contributed by atoms with Crippen molar-refractivity contribution in [1.29, 1.82) is 0 Å². The summed E-state index contributed by atoms with van der Waals surface area (Å²) >= 11 is 0. The second-order valence-electron chi connectivity index (χ2n) is 6.22. The molecule has 0 amide bonds. The van der Waals surface area contributed by atoms with Gasteiger partial charge in [-0.3, -0.25) is 4.21 Å². The molecule has 0 saturated heterocycles. The van der Waals surface area contributed by atoms with E-state index in [1.54, 1.807) is 0 Å². The Morgan fingerprint density at radius 1 is 1.11 bits per heavy atom. The fraction of sp³-hybridized carbons (Fsp3) is 1.00. The van der Waals surface area contributed by atoms with Crippen molar-refractivity contribution in [3.63, 3.8) is 0 Å². The van der Waals surface area contributed by atoms with Gasteiger partial charge in [-0.2, -0.15) is 0 Å². The fourth-order valence-corrected chi connectivity index (χ4v) is 5.91. The Bertz CT molecular complexity index is 276. The Balaban J connectivity index is 1.91. The van der Waals surface area contributed by atoms with Crippen LogP contribution in [0, 0.1) is 11.8 Å². The minimum Gasteiger partial charge on any atom is -0.316 e. The second kappa shape index (κ2) is 7.04. The van der Waals surface area contributed by atoms with E-state index in [9.17, 15) is 4.21 Å². The number of hydrogen-bond donors (Lipinski definition) is 1. The van der Waals surface area contributed by atoms with Crippen molar-refractivity contribution in [2.75, 3.05) is 12.8 Å². The molecule has 0 aliphatic heterocycles. The third-order valence-corrected chi connectivity index (χ3v) is 7.06. The van der Waals surface area contributed by atoms with Crippen LogP contribution in [0.5, 0.6) is 0 Å². The van der Waals surface area contributed by atoms with E-state index >= 15 is 0 Å². The van der Waals surface area contributed by atoms with Gasteiger partial charge in [-0.05, 0) is 51.0 Å². The number of nitrogens with one attached hydrogen (secondary N) is 1. The van der Waals surface area contributed by atoms with Gasteiger partial charge in [0.15, 0.2) is 0 Å². The summed E-state index contributed by atoms with van der Waals surface area (Å²) in [6.45, 7) is 2.28. The van der Waals surface area contributed by atoms with Crippen LogP contribution in [0.1, 0.15) is 58.3 Å².